The fraction of sp³-hybridized carbons (Fsp3) is 0.194. The lowest BCUT2D eigenvalue weighted by Gasteiger charge is -2.18. The molecule has 5 rings (SSSR count). The van der Waals surface area contributed by atoms with Crippen LogP contribution >= 0.6 is 0 Å². The molecule has 224 valence electrons. The summed E-state index contributed by atoms with van der Waals surface area (Å²) in [6.45, 7) is 4.93. The van der Waals surface area contributed by atoms with Gasteiger partial charge in [-0.3, -0.25) is 9.59 Å². The number of nitrogens with one attached hydrogen (secondary N) is 5. The highest BCUT2D eigenvalue weighted by molar-refractivity contribution is 6.37. The molecule has 8 heteroatoms. The number of fused-ring (bicyclic) bond motifs is 1. The van der Waals surface area contributed by atoms with Crippen LogP contribution in [-0.4, -0.2) is 30.9 Å². The van der Waals surface area contributed by atoms with Crippen molar-refractivity contribution in [2.24, 2.45) is 0 Å². The number of carbonyl (C=O) groups excluding carboxylic acids is 3. The first kappa shape index (κ1) is 30.1. The third kappa shape index (κ3) is 6.81. The van der Waals surface area contributed by atoms with E-state index in [0.29, 0.717) is 47.6 Å². The molecule has 44 heavy (non-hydrogen) atoms. The number of rotatable bonds is 11. The van der Waals surface area contributed by atoms with Crippen molar-refractivity contribution in [3.63, 3.8) is 0 Å². The van der Waals surface area contributed by atoms with Crippen LogP contribution in [-0.2, 0) is 11.2 Å². The molecule has 0 unspecified atom stereocenters. The minimum atomic E-state index is -0.278. The standard InChI is InChI=1S/C36H37N5O3/c1-3-29(24-14-7-5-8-15-24)39-34(42)28-20-13-19-27-31(35(43)41-33(27)28)32(26-17-9-6-10-18-26)38-23-22-25-16-11-12-21-30(25)40-36(44)37-4-2/h5-21,29,38H,3-4,22-23H2,1-2H3,(H,39,42)(H,41,43)(H2,37,40,44)/t29-/m1/s1. The molecule has 4 amide bonds. The van der Waals surface area contributed by atoms with Crippen LogP contribution in [0.1, 0.15) is 58.9 Å². The molecule has 0 aromatic heterocycles. The highest BCUT2D eigenvalue weighted by Gasteiger charge is 2.32. The normalized spacial score (nSPS) is 13.7. The number of urea groups is 1. The monoisotopic (exact) mass is 587 g/mol. The average Bonchev–Trinajstić information content (AvgIpc) is 3.39. The third-order valence-electron chi connectivity index (χ3n) is 7.57. The number of para-hydroxylation sites is 2. The highest BCUT2D eigenvalue weighted by atomic mass is 16.2. The zero-order valence-electron chi connectivity index (χ0n) is 24.9. The number of hydrogen-bond donors (Lipinski definition) is 5. The Hall–Kier alpha value is -5.37. The first-order valence-electron chi connectivity index (χ1n) is 15.0. The Morgan fingerprint density at radius 1 is 0.795 bits per heavy atom. The molecule has 1 aliphatic heterocycles. The molecular weight excluding hydrogens is 550 g/mol. The number of hydrogen-bond acceptors (Lipinski definition) is 4. The molecule has 0 radical (unpaired) electrons. The highest BCUT2D eigenvalue weighted by Crippen LogP contribution is 2.38. The largest absolute Gasteiger partial charge is 0.384 e. The molecule has 0 spiro atoms. The summed E-state index contributed by atoms with van der Waals surface area (Å²) in [5.41, 5.74) is 6.30. The van der Waals surface area contributed by atoms with Gasteiger partial charge in [-0.2, -0.15) is 0 Å². The number of amides is 4. The quantitative estimate of drug-likeness (QED) is 0.132. The summed E-state index contributed by atoms with van der Waals surface area (Å²) in [6, 6.07) is 32.2. The van der Waals surface area contributed by atoms with Gasteiger partial charge in [0.1, 0.15) is 0 Å². The summed E-state index contributed by atoms with van der Waals surface area (Å²) in [7, 11) is 0. The topological polar surface area (TPSA) is 111 Å². The van der Waals surface area contributed by atoms with Gasteiger partial charge in [-0.1, -0.05) is 97.9 Å². The van der Waals surface area contributed by atoms with Gasteiger partial charge >= 0.3 is 6.03 Å². The minimum absolute atomic E-state index is 0.154. The zero-order valence-corrected chi connectivity index (χ0v) is 24.9. The summed E-state index contributed by atoms with van der Waals surface area (Å²) < 4.78 is 0. The first-order valence-corrected chi connectivity index (χ1v) is 15.0. The Morgan fingerprint density at radius 3 is 2.23 bits per heavy atom. The molecular formula is C36H37N5O3. The van der Waals surface area contributed by atoms with Gasteiger partial charge in [0.05, 0.1) is 28.6 Å². The van der Waals surface area contributed by atoms with Gasteiger partial charge in [0.15, 0.2) is 0 Å². The summed E-state index contributed by atoms with van der Waals surface area (Å²) in [4.78, 5) is 39.3. The van der Waals surface area contributed by atoms with Crippen LogP contribution in [0.4, 0.5) is 16.2 Å². The van der Waals surface area contributed by atoms with E-state index < -0.39 is 0 Å². The smallest absolute Gasteiger partial charge is 0.319 e. The van der Waals surface area contributed by atoms with Gasteiger partial charge < -0.3 is 26.6 Å². The van der Waals surface area contributed by atoms with Crippen molar-refractivity contribution >= 4 is 40.5 Å². The molecule has 4 aromatic rings. The van der Waals surface area contributed by atoms with E-state index in [-0.39, 0.29) is 23.9 Å². The van der Waals surface area contributed by atoms with Crippen LogP contribution in [0.2, 0.25) is 0 Å². The molecule has 5 N–H and O–H groups in total. The van der Waals surface area contributed by atoms with E-state index in [1.165, 1.54) is 0 Å². The van der Waals surface area contributed by atoms with Crippen LogP contribution in [0.25, 0.3) is 11.3 Å². The SMILES string of the molecule is CCNC(=O)Nc1ccccc1CCNC(=C1C(=O)Nc2c(C(=O)N[C@H](CC)c3ccccc3)cccc21)c1ccccc1. The summed E-state index contributed by atoms with van der Waals surface area (Å²) in [6.07, 6.45) is 1.33. The van der Waals surface area contributed by atoms with Gasteiger partial charge in [-0.15, -0.1) is 0 Å². The predicted molar refractivity (Wildman–Crippen MR) is 176 cm³/mol. The van der Waals surface area contributed by atoms with Crippen LogP contribution in [0, 0.1) is 0 Å². The van der Waals surface area contributed by atoms with Crippen molar-refractivity contribution in [3.8, 4) is 0 Å². The van der Waals surface area contributed by atoms with E-state index >= 15 is 0 Å². The Kier molecular flexibility index (Phi) is 9.71. The summed E-state index contributed by atoms with van der Waals surface area (Å²) >= 11 is 0. The molecule has 1 atom stereocenters. The van der Waals surface area contributed by atoms with Crippen LogP contribution in [0.5, 0.6) is 0 Å². The summed E-state index contributed by atoms with van der Waals surface area (Å²) in [5.74, 6) is -0.524. The van der Waals surface area contributed by atoms with E-state index in [9.17, 15) is 14.4 Å². The van der Waals surface area contributed by atoms with Crippen molar-refractivity contribution in [2.75, 3.05) is 23.7 Å². The van der Waals surface area contributed by atoms with Gasteiger partial charge in [-0.05, 0) is 48.6 Å². The van der Waals surface area contributed by atoms with Crippen molar-refractivity contribution in [2.45, 2.75) is 32.7 Å². The minimum Gasteiger partial charge on any atom is -0.384 e. The van der Waals surface area contributed by atoms with Crippen molar-refractivity contribution in [3.05, 3.63) is 131 Å². The zero-order chi connectivity index (χ0) is 30.9. The Balaban J connectivity index is 1.44. The molecule has 1 heterocycles. The van der Waals surface area contributed by atoms with Gasteiger partial charge in [0.2, 0.25) is 0 Å². The molecule has 0 aliphatic carbocycles. The molecule has 0 fully saturated rings. The van der Waals surface area contributed by atoms with E-state index in [4.69, 9.17) is 0 Å². The fourth-order valence-electron chi connectivity index (χ4n) is 5.42. The van der Waals surface area contributed by atoms with E-state index in [1.807, 2.05) is 111 Å². The maximum absolute atomic E-state index is 13.6. The number of carbonyl (C=O) groups is 3. The molecule has 8 nitrogen and oxygen atoms in total. The number of benzene rings is 4. The summed E-state index contributed by atoms with van der Waals surface area (Å²) in [5, 5.41) is 15.3. The molecule has 0 saturated carbocycles. The van der Waals surface area contributed by atoms with Crippen LogP contribution in [0.3, 0.4) is 0 Å². The lowest BCUT2D eigenvalue weighted by Crippen LogP contribution is -2.28. The second kappa shape index (κ2) is 14.2. The van der Waals surface area contributed by atoms with E-state index in [2.05, 4.69) is 26.6 Å². The van der Waals surface area contributed by atoms with E-state index in [0.717, 1.165) is 28.8 Å². The van der Waals surface area contributed by atoms with Crippen LogP contribution < -0.4 is 26.6 Å². The fourth-order valence-corrected chi connectivity index (χ4v) is 5.42. The second-order valence-electron chi connectivity index (χ2n) is 10.5. The Labute approximate surface area is 258 Å². The molecule has 0 saturated heterocycles. The molecule has 4 aromatic carbocycles. The van der Waals surface area contributed by atoms with Gasteiger partial charge in [0, 0.05) is 24.3 Å². The van der Waals surface area contributed by atoms with Crippen molar-refractivity contribution < 1.29 is 14.4 Å². The first-order chi connectivity index (χ1) is 21.5. The lowest BCUT2D eigenvalue weighted by molar-refractivity contribution is -0.110. The second-order valence-corrected chi connectivity index (χ2v) is 10.5. The Bertz CT molecular complexity index is 1670. The van der Waals surface area contributed by atoms with Crippen LogP contribution in [0.15, 0.2) is 103 Å². The maximum atomic E-state index is 13.6. The van der Waals surface area contributed by atoms with Crippen molar-refractivity contribution in [1.82, 2.24) is 16.0 Å². The lowest BCUT2D eigenvalue weighted by atomic mass is 9.97. The maximum Gasteiger partial charge on any atom is 0.319 e. The molecule has 0 bridgehead atoms. The molecule has 1 aliphatic rings. The Morgan fingerprint density at radius 2 is 1.50 bits per heavy atom. The predicted octanol–water partition coefficient (Wildman–Crippen LogP) is 6.36. The van der Waals surface area contributed by atoms with E-state index in [1.54, 1.807) is 6.07 Å². The van der Waals surface area contributed by atoms with Crippen molar-refractivity contribution in [1.29, 1.82) is 0 Å². The third-order valence-corrected chi connectivity index (χ3v) is 7.57. The van der Waals surface area contributed by atoms with Gasteiger partial charge in [0.25, 0.3) is 11.8 Å². The van der Waals surface area contributed by atoms with Gasteiger partial charge in [-0.25, -0.2) is 4.79 Å². The number of anilines is 2. The average molecular weight is 588 g/mol.